The molecule has 2 aromatic rings. The van der Waals surface area contributed by atoms with Crippen molar-refractivity contribution in [1.29, 1.82) is 0 Å². The van der Waals surface area contributed by atoms with Gasteiger partial charge in [0.15, 0.2) is 12.2 Å². The predicted octanol–water partition coefficient (Wildman–Crippen LogP) is 3.65. The van der Waals surface area contributed by atoms with Gasteiger partial charge in [0.2, 0.25) is 11.9 Å². The molecule has 0 amide bonds. The number of ether oxygens (including phenoxy) is 8. The molecular weight excluding hydrogens is 612 g/mol. The molecular formula is C32H37ClO12. The molecule has 0 N–H and O–H groups in total. The third-order valence-electron chi connectivity index (χ3n) is 7.30. The highest BCUT2D eigenvalue weighted by molar-refractivity contribution is 6.31. The van der Waals surface area contributed by atoms with Gasteiger partial charge in [0.25, 0.3) is 0 Å². The molecule has 0 aromatic heterocycles. The maximum Gasteiger partial charge on any atom is 0.303 e. The molecule has 0 aliphatic carbocycles. The summed E-state index contributed by atoms with van der Waals surface area (Å²) in [4.78, 5) is 48.6. The Balaban J connectivity index is 1.74. The molecule has 2 heterocycles. The molecule has 0 radical (unpaired) electrons. The Morgan fingerprint density at radius 3 is 2.13 bits per heavy atom. The SMILES string of the molecule is COC1(c2ccc(Cl)c(Cc3ccc(O[C@@H]4CCOC4)cc3)c2)O[C@H](COC(C)=O)[C@@H](OC(C)=O)[C@H](OC(C)=O)[C@H]1OC(C)=O. The maximum absolute atomic E-state index is 12.4. The van der Waals surface area contributed by atoms with Crippen molar-refractivity contribution in [2.24, 2.45) is 0 Å². The average Bonchev–Trinajstić information content (AvgIpc) is 3.49. The van der Waals surface area contributed by atoms with Gasteiger partial charge < -0.3 is 37.9 Å². The van der Waals surface area contributed by atoms with Crippen LogP contribution in [0, 0.1) is 0 Å². The number of halogens is 1. The van der Waals surface area contributed by atoms with Crippen LogP contribution >= 0.6 is 11.6 Å². The van der Waals surface area contributed by atoms with E-state index in [4.69, 9.17) is 49.5 Å². The second-order valence-corrected chi connectivity index (χ2v) is 11.1. The zero-order valence-corrected chi connectivity index (χ0v) is 26.5. The fourth-order valence-corrected chi connectivity index (χ4v) is 5.60. The van der Waals surface area contributed by atoms with Gasteiger partial charge in [0.1, 0.15) is 24.6 Å². The molecule has 12 nitrogen and oxygen atoms in total. The lowest BCUT2D eigenvalue weighted by Crippen LogP contribution is -2.67. The molecule has 0 bridgehead atoms. The maximum atomic E-state index is 12.4. The molecule has 0 saturated carbocycles. The summed E-state index contributed by atoms with van der Waals surface area (Å²) in [5.41, 5.74) is 1.96. The van der Waals surface area contributed by atoms with Gasteiger partial charge in [-0.15, -0.1) is 0 Å². The number of carbonyl (C=O) groups is 4. The molecule has 6 atom stereocenters. The van der Waals surface area contributed by atoms with Crippen molar-refractivity contribution in [3.8, 4) is 5.75 Å². The summed E-state index contributed by atoms with van der Waals surface area (Å²) in [6.45, 7) is 5.51. The van der Waals surface area contributed by atoms with E-state index in [1.165, 1.54) is 14.0 Å². The number of benzene rings is 2. The molecule has 2 aromatic carbocycles. The summed E-state index contributed by atoms with van der Waals surface area (Å²) in [7, 11) is 1.32. The van der Waals surface area contributed by atoms with Crippen molar-refractivity contribution in [2.45, 2.75) is 76.8 Å². The van der Waals surface area contributed by atoms with Crippen molar-refractivity contribution in [2.75, 3.05) is 26.9 Å². The van der Waals surface area contributed by atoms with Crippen LogP contribution in [0.15, 0.2) is 42.5 Å². The van der Waals surface area contributed by atoms with E-state index >= 15 is 0 Å². The molecule has 4 rings (SSSR count). The first-order chi connectivity index (χ1) is 21.4. The van der Waals surface area contributed by atoms with Crippen molar-refractivity contribution < 1.29 is 57.1 Å². The number of methoxy groups -OCH3 is 1. The Kier molecular flexibility index (Phi) is 11.4. The van der Waals surface area contributed by atoms with Crippen LogP contribution in [-0.4, -0.2) is 81.3 Å². The van der Waals surface area contributed by atoms with Gasteiger partial charge in [0, 0.05) is 51.8 Å². The van der Waals surface area contributed by atoms with E-state index in [0.29, 0.717) is 35.8 Å². The molecule has 0 spiro atoms. The molecule has 45 heavy (non-hydrogen) atoms. The van der Waals surface area contributed by atoms with Gasteiger partial charge in [-0.3, -0.25) is 19.2 Å². The first-order valence-electron chi connectivity index (χ1n) is 14.4. The number of hydrogen-bond donors (Lipinski definition) is 0. The number of hydrogen-bond acceptors (Lipinski definition) is 12. The van der Waals surface area contributed by atoms with Crippen LogP contribution < -0.4 is 4.74 Å². The van der Waals surface area contributed by atoms with E-state index in [0.717, 1.165) is 38.5 Å². The van der Waals surface area contributed by atoms with Crippen molar-refractivity contribution in [3.05, 3.63) is 64.2 Å². The summed E-state index contributed by atoms with van der Waals surface area (Å²) in [5.74, 6) is -4.06. The van der Waals surface area contributed by atoms with Crippen LogP contribution in [0.3, 0.4) is 0 Å². The zero-order chi connectivity index (χ0) is 32.7. The van der Waals surface area contributed by atoms with Gasteiger partial charge in [0.05, 0.1) is 13.2 Å². The monoisotopic (exact) mass is 648 g/mol. The zero-order valence-electron chi connectivity index (χ0n) is 25.7. The Hall–Kier alpha value is -3.71. The first-order valence-corrected chi connectivity index (χ1v) is 14.8. The third kappa shape index (κ3) is 8.51. The standard InChI is InChI=1S/C32H37ClO12/c1-18(34)40-17-28-29(41-19(2)35)30(42-20(3)36)31(43-21(4)37)32(38-5,45-28)24-8-11-27(33)23(15-24)14-22-6-9-25(10-7-22)44-26-12-13-39-16-26/h6-11,15,26,28-31H,12-14,16-17H2,1-5H3/t26-,28-,29-,30+,31-,32?/m1/s1. The van der Waals surface area contributed by atoms with Crippen molar-refractivity contribution in [3.63, 3.8) is 0 Å². The van der Waals surface area contributed by atoms with Crippen molar-refractivity contribution in [1.82, 2.24) is 0 Å². The Labute approximate surface area is 266 Å². The first kappa shape index (κ1) is 34.2. The highest BCUT2D eigenvalue weighted by Gasteiger charge is 2.61. The van der Waals surface area contributed by atoms with E-state index < -0.39 is 60.7 Å². The van der Waals surface area contributed by atoms with Crippen LogP contribution in [0.1, 0.15) is 50.8 Å². The van der Waals surface area contributed by atoms with Gasteiger partial charge in [-0.2, -0.15) is 0 Å². The van der Waals surface area contributed by atoms with Crippen LogP contribution in [0.25, 0.3) is 0 Å². The van der Waals surface area contributed by atoms with E-state index in [-0.39, 0.29) is 6.10 Å². The van der Waals surface area contributed by atoms with E-state index in [1.54, 1.807) is 18.2 Å². The van der Waals surface area contributed by atoms with Gasteiger partial charge in [-0.1, -0.05) is 29.8 Å². The number of carbonyl (C=O) groups excluding carboxylic acids is 4. The summed E-state index contributed by atoms with van der Waals surface area (Å²) >= 11 is 6.64. The van der Waals surface area contributed by atoms with E-state index in [9.17, 15) is 19.2 Å². The Morgan fingerprint density at radius 2 is 1.56 bits per heavy atom. The third-order valence-corrected chi connectivity index (χ3v) is 7.67. The summed E-state index contributed by atoms with van der Waals surface area (Å²) in [6.07, 6.45) is -4.16. The van der Waals surface area contributed by atoms with Gasteiger partial charge in [-0.25, -0.2) is 0 Å². The van der Waals surface area contributed by atoms with Gasteiger partial charge >= 0.3 is 23.9 Å². The Morgan fingerprint density at radius 1 is 0.889 bits per heavy atom. The minimum atomic E-state index is -1.92. The van der Waals surface area contributed by atoms with Crippen LogP contribution in [-0.2, 0) is 64.5 Å². The smallest absolute Gasteiger partial charge is 0.303 e. The summed E-state index contributed by atoms with van der Waals surface area (Å²) in [5, 5.41) is 0.444. The molecule has 2 fully saturated rings. The number of esters is 4. The molecule has 2 aliphatic rings. The quantitative estimate of drug-likeness (QED) is 0.259. The predicted molar refractivity (Wildman–Crippen MR) is 157 cm³/mol. The molecule has 13 heteroatoms. The van der Waals surface area contributed by atoms with E-state index in [1.807, 2.05) is 24.3 Å². The fourth-order valence-electron chi connectivity index (χ4n) is 5.41. The molecule has 244 valence electrons. The minimum Gasteiger partial charge on any atom is -0.488 e. The largest absolute Gasteiger partial charge is 0.488 e. The second-order valence-electron chi connectivity index (χ2n) is 10.7. The van der Waals surface area contributed by atoms with Crippen LogP contribution in [0.4, 0.5) is 0 Å². The lowest BCUT2D eigenvalue weighted by atomic mass is 9.86. The molecule has 1 unspecified atom stereocenters. The van der Waals surface area contributed by atoms with Crippen molar-refractivity contribution >= 4 is 35.5 Å². The van der Waals surface area contributed by atoms with Crippen LogP contribution in [0.5, 0.6) is 5.75 Å². The average molecular weight is 649 g/mol. The normalized spacial score (nSPS) is 26.0. The fraction of sp³-hybridized carbons (Fsp3) is 0.500. The number of rotatable bonds is 11. The molecule has 2 saturated heterocycles. The van der Waals surface area contributed by atoms with E-state index in [2.05, 4.69) is 0 Å². The van der Waals surface area contributed by atoms with Crippen LogP contribution in [0.2, 0.25) is 5.02 Å². The lowest BCUT2D eigenvalue weighted by Gasteiger charge is -2.50. The summed E-state index contributed by atoms with van der Waals surface area (Å²) in [6, 6.07) is 12.6. The highest BCUT2D eigenvalue weighted by atomic mass is 35.5. The summed E-state index contributed by atoms with van der Waals surface area (Å²) < 4.78 is 45.7. The topological polar surface area (TPSA) is 142 Å². The molecule has 2 aliphatic heterocycles. The Bertz CT molecular complexity index is 1370. The van der Waals surface area contributed by atoms with Gasteiger partial charge in [-0.05, 0) is 41.8 Å². The minimum absolute atomic E-state index is 0.0220. The lowest BCUT2D eigenvalue weighted by molar-refractivity contribution is -0.367. The second kappa shape index (κ2) is 15.0. The highest BCUT2D eigenvalue weighted by Crippen LogP contribution is 2.44.